The lowest BCUT2D eigenvalue weighted by atomic mass is 10.1. The molecule has 1 aliphatic carbocycles. The van der Waals surface area contributed by atoms with Gasteiger partial charge in [-0.15, -0.1) is 0 Å². The van der Waals surface area contributed by atoms with Crippen LogP contribution in [0.5, 0.6) is 0 Å². The van der Waals surface area contributed by atoms with Gasteiger partial charge in [0.05, 0.1) is 9.31 Å². The second-order valence-electron chi connectivity index (χ2n) is 5.52. The normalized spacial score (nSPS) is 23.1. The molecule has 108 valence electrons. The van der Waals surface area contributed by atoms with Gasteiger partial charge in [-0.05, 0) is 60.9 Å². The molecule has 0 bridgehead atoms. The molecule has 0 heterocycles. The molecule has 2 nitrogen and oxygen atoms in total. The van der Waals surface area contributed by atoms with Gasteiger partial charge in [0, 0.05) is 5.02 Å². The molecule has 1 fully saturated rings. The third-order valence-electron chi connectivity index (χ3n) is 3.74. The van der Waals surface area contributed by atoms with Gasteiger partial charge in [-0.2, -0.15) is 0 Å². The second-order valence-corrected chi connectivity index (χ2v) is 8.73. The fourth-order valence-electron chi connectivity index (χ4n) is 2.45. The van der Waals surface area contributed by atoms with Gasteiger partial charge in [0.25, 0.3) is 0 Å². The highest BCUT2D eigenvalue weighted by Crippen LogP contribution is 2.60. The van der Waals surface area contributed by atoms with Crippen molar-refractivity contribution in [2.75, 3.05) is 0 Å². The first-order chi connectivity index (χ1) is 9.32. The summed E-state index contributed by atoms with van der Waals surface area (Å²) < 4.78 is 6.27. The average Bonchev–Trinajstić information content (AvgIpc) is 2.87. The lowest BCUT2D eigenvalue weighted by molar-refractivity contribution is -0.147. The first-order valence-electron chi connectivity index (χ1n) is 6.26. The molecular formula is C15H15Br2ClO2. The van der Waals surface area contributed by atoms with Crippen LogP contribution in [-0.2, 0) is 16.1 Å². The van der Waals surface area contributed by atoms with E-state index in [4.69, 9.17) is 16.3 Å². The van der Waals surface area contributed by atoms with Crippen molar-refractivity contribution >= 4 is 49.4 Å². The van der Waals surface area contributed by atoms with Crippen molar-refractivity contribution in [3.63, 3.8) is 0 Å². The Morgan fingerprint density at radius 1 is 1.45 bits per heavy atom. The summed E-state index contributed by atoms with van der Waals surface area (Å²) in [5, 5.41) is 0.648. The van der Waals surface area contributed by atoms with Gasteiger partial charge in [-0.25, -0.2) is 0 Å². The Balaban J connectivity index is 1.95. The summed E-state index contributed by atoms with van der Waals surface area (Å²) >= 11 is 12.6. The number of hydrogen-bond donors (Lipinski definition) is 0. The van der Waals surface area contributed by atoms with Crippen LogP contribution in [0.4, 0.5) is 0 Å². The maximum Gasteiger partial charge on any atom is 0.310 e. The fraction of sp³-hybridized carbons (Fsp3) is 0.400. The van der Waals surface area contributed by atoms with E-state index in [-0.39, 0.29) is 29.8 Å². The van der Waals surface area contributed by atoms with Crippen LogP contribution in [0, 0.1) is 17.3 Å². The van der Waals surface area contributed by atoms with Gasteiger partial charge in [0.2, 0.25) is 0 Å². The molecule has 1 aliphatic rings. The van der Waals surface area contributed by atoms with Crippen molar-refractivity contribution in [2.24, 2.45) is 17.3 Å². The maximum atomic E-state index is 12.2. The van der Waals surface area contributed by atoms with Crippen molar-refractivity contribution in [2.45, 2.75) is 20.5 Å². The van der Waals surface area contributed by atoms with Gasteiger partial charge in [-0.1, -0.05) is 43.7 Å². The van der Waals surface area contributed by atoms with E-state index >= 15 is 0 Å². The van der Waals surface area contributed by atoms with E-state index in [0.29, 0.717) is 5.02 Å². The Hall–Kier alpha value is -0.320. The minimum Gasteiger partial charge on any atom is -0.461 e. The van der Waals surface area contributed by atoms with Crippen LogP contribution in [0.15, 0.2) is 33.7 Å². The SMILES string of the molecule is CC1(C)[C@H](C=C(Br)Br)[C@H]1C(=O)OCc1cccc(Cl)c1. The number of halogens is 3. The quantitative estimate of drug-likeness (QED) is 0.617. The summed E-state index contributed by atoms with van der Waals surface area (Å²) in [6, 6.07) is 7.34. The van der Waals surface area contributed by atoms with Gasteiger partial charge < -0.3 is 4.74 Å². The number of benzene rings is 1. The summed E-state index contributed by atoms with van der Waals surface area (Å²) in [5.74, 6) is -0.0487. The predicted molar refractivity (Wildman–Crippen MR) is 87.9 cm³/mol. The van der Waals surface area contributed by atoms with Crippen molar-refractivity contribution in [1.29, 1.82) is 0 Å². The largest absolute Gasteiger partial charge is 0.461 e. The van der Waals surface area contributed by atoms with Gasteiger partial charge in [0.1, 0.15) is 6.61 Å². The van der Waals surface area contributed by atoms with E-state index in [9.17, 15) is 4.79 Å². The fourth-order valence-corrected chi connectivity index (χ4v) is 3.23. The minimum atomic E-state index is -0.155. The van der Waals surface area contributed by atoms with Crippen LogP contribution in [0.1, 0.15) is 19.4 Å². The molecule has 5 heteroatoms. The summed E-state index contributed by atoms with van der Waals surface area (Å²) in [6.45, 7) is 4.41. The Kier molecular flexibility index (Phi) is 4.98. The van der Waals surface area contributed by atoms with Crippen molar-refractivity contribution in [1.82, 2.24) is 0 Å². The summed E-state index contributed by atoms with van der Waals surface area (Å²) in [7, 11) is 0. The minimum absolute atomic E-state index is 0.0573. The van der Waals surface area contributed by atoms with Crippen molar-refractivity contribution in [3.05, 3.63) is 44.3 Å². The van der Waals surface area contributed by atoms with Gasteiger partial charge >= 0.3 is 5.97 Å². The summed E-state index contributed by atoms with van der Waals surface area (Å²) in [6.07, 6.45) is 2.01. The summed E-state index contributed by atoms with van der Waals surface area (Å²) in [5.41, 5.74) is 0.844. The molecule has 20 heavy (non-hydrogen) atoms. The number of esters is 1. The highest BCUT2D eigenvalue weighted by Gasteiger charge is 2.61. The molecule has 0 amide bonds. The van der Waals surface area contributed by atoms with E-state index < -0.39 is 0 Å². The lowest BCUT2D eigenvalue weighted by Gasteiger charge is -2.06. The van der Waals surface area contributed by atoms with Crippen LogP contribution in [0.3, 0.4) is 0 Å². The van der Waals surface area contributed by atoms with E-state index in [0.717, 1.165) is 8.96 Å². The monoisotopic (exact) mass is 420 g/mol. The molecule has 1 aromatic carbocycles. The zero-order valence-electron chi connectivity index (χ0n) is 11.2. The molecule has 0 aliphatic heterocycles. The maximum absolute atomic E-state index is 12.2. The number of rotatable bonds is 4. The molecule has 1 aromatic rings. The van der Waals surface area contributed by atoms with Crippen LogP contribution in [0.25, 0.3) is 0 Å². The average molecular weight is 423 g/mol. The Labute approximate surface area is 140 Å². The standard InChI is InChI=1S/C15H15Br2ClO2/c1-15(2)11(7-12(16)17)13(15)14(19)20-8-9-4-3-5-10(18)6-9/h3-7,11,13H,8H2,1-2H3/t11-,13+/m1/s1. The molecule has 0 N–H and O–H groups in total. The van der Waals surface area contributed by atoms with E-state index in [1.165, 1.54) is 0 Å². The lowest BCUT2D eigenvalue weighted by Crippen LogP contribution is -2.10. The Bertz CT molecular complexity index is 551. The summed E-state index contributed by atoms with van der Waals surface area (Å²) in [4.78, 5) is 12.2. The van der Waals surface area contributed by atoms with Crippen LogP contribution in [-0.4, -0.2) is 5.97 Å². The zero-order chi connectivity index (χ0) is 14.9. The van der Waals surface area contributed by atoms with Crippen LogP contribution < -0.4 is 0 Å². The smallest absolute Gasteiger partial charge is 0.310 e. The molecule has 0 unspecified atom stereocenters. The van der Waals surface area contributed by atoms with E-state index in [2.05, 4.69) is 45.7 Å². The number of ether oxygens (including phenoxy) is 1. The highest BCUT2D eigenvalue weighted by atomic mass is 79.9. The molecule has 0 radical (unpaired) electrons. The number of carbonyl (C=O) groups excluding carboxylic acids is 1. The molecule has 2 rings (SSSR count). The van der Waals surface area contributed by atoms with Crippen LogP contribution >= 0.6 is 43.5 Å². The molecule has 0 spiro atoms. The molecule has 2 atom stereocenters. The number of hydrogen-bond acceptors (Lipinski definition) is 2. The molecular weight excluding hydrogens is 407 g/mol. The van der Waals surface area contributed by atoms with E-state index in [1.807, 2.05) is 18.2 Å². The topological polar surface area (TPSA) is 26.3 Å². The van der Waals surface area contributed by atoms with Gasteiger partial charge in [0.15, 0.2) is 0 Å². The van der Waals surface area contributed by atoms with Gasteiger partial charge in [-0.3, -0.25) is 4.79 Å². The number of allylic oxidation sites excluding steroid dienone is 1. The molecule has 1 saturated carbocycles. The molecule has 0 aromatic heterocycles. The molecule has 0 saturated heterocycles. The van der Waals surface area contributed by atoms with Crippen molar-refractivity contribution < 1.29 is 9.53 Å². The first kappa shape index (κ1) is 16.1. The van der Waals surface area contributed by atoms with Crippen molar-refractivity contribution in [3.8, 4) is 0 Å². The highest BCUT2D eigenvalue weighted by molar-refractivity contribution is 9.28. The Morgan fingerprint density at radius 2 is 2.15 bits per heavy atom. The predicted octanol–water partition coefficient (Wildman–Crippen LogP) is 5.29. The second kappa shape index (κ2) is 6.20. The van der Waals surface area contributed by atoms with Crippen LogP contribution in [0.2, 0.25) is 5.02 Å². The third-order valence-corrected chi connectivity index (χ3v) is 4.50. The third kappa shape index (κ3) is 3.66. The van der Waals surface area contributed by atoms with E-state index in [1.54, 1.807) is 12.1 Å². The first-order valence-corrected chi connectivity index (χ1v) is 8.22. The number of carbonyl (C=O) groups is 1. The zero-order valence-corrected chi connectivity index (χ0v) is 15.1. The Morgan fingerprint density at radius 3 is 2.75 bits per heavy atom.